The molecule has 27 heavy (non-hydrogen) atoms. The fourth-order valence-electron chi connectivity index (χ4n) is 3.61. The summed E-state index contributed by atoms with van der Waals surface area (Å²) in [4.78, 5) is 24.0. The van der Waals surface area contributed by atoms with Crippen molar-refractivity contribution in [2.24, 2.45) is 0 Å². The van der Waals surface area contributed by atoms with Crippen molar-refractivity contribution in [2.45, 2.75) is 52.4 Å². The van der Waals surface area contributed by atoms with Crippen LogP contribution in [0.3, 0.4) is 0 Å². The fourth-order valence-corrected chi connectivity index (χ4v) is 3.61. The van der Waals surface area contributed by atoms with Crippen LogP contribution >= 0.6 is 0 Å². The minimum absolute atomic E-state index is 0.0905. The first kappa shape index (κ1) is 21.0. The Morgan fingerprint density at radius 2 is 2.00 bits per heavy atom. The predicted octanol–water partition coefficient (Wildman–Crippen LogP) is 3.53. The number of methoxy groups -OCH3 is 1. The topological polar surface area (TPSA) is 71.1 Å². The zero-order valence-electron chi connectivity index (χ0n) is 16.8. The molecule has 0 fully saturated rings. The third kappa shape index (κ3) is 4.50. The van der Waals surface area contributed by atoms with Crippen molar-refractivity contribution < 1.29 is 28.5 Å². The fraction of sp³-hybridized carbons (Fsp3) is 0.524. The Bertz CT molecular complexity index is 748. The van der Waals surface area contributed by atoms with Crippen LogP contribution in [-0.2, 0) is 30.9 Å². The van der Waals surface area contributed by atoms with Gasteiger partial charge in [0.1, 0.15) is 18.1 Å². The molecular formula is C21H28O6. The molecule has 0 atom stereocenters. The lowest BCUT2D eigenvalue weighted by Gasteiger charge is -2.35. The van der Waals surface area contributed by atoms with Gasteiger partial charge in [-0.1, -0.05) is 26.5 Å². The summed E-state index contributed by atoms with van der Waals surface area (Å²) in [6, 6.07) is 0. The van der Waals surface area contributed by atoms with Crippen molar-refractivity contribution in [3.05, 3.63) is 34.9 Å². The number of ether oxygens (including phenoxy) is 4. The first-order valence-corrected chi connectivity index (χ1v) is 8.98. The summed E-state index contributed by atoms with van der Waals surface area (Å²) in [5.74, 6) is 0.681. The number of hydrogen-bond acceptors (Lipinski definition) is 6. The van der Waals surface area contributed by atoms with E-state index in [2.05, 4.69) is 6.58 Å². The van der Waals surface area contributed by atoms with Crippen LogP contribution in [0, 0.1) is 13.8 Å². The molecule has 6 nitrogen and oxygen atoms in total. The average molecular weight is 376 g/mol. The van der Waals surface area contributed by atoms with Crippen LogP contribution < -0.4 is 9.47 Å². The molecule has 0 bridgehead atoms. The highest BCUT2D eigenvalue weighted by molar-refractivity contribution is 5.80. The van der Waals surface area contributed by atoms with Gasteiger partial charge in [0, 0.05) is 30.1 Å². The van der Waals surface area contributed by atoms with Gasteiger partial charge in [0.2, 0.25) is 0 Å². The van der Waals surface area contributed by atoms with Crippen LogP contribution in [0.2, 0.25) is 0 Å². The van der Waals surface area contributed by atoms with E-state index >= 15 is 0 Å². The molecule has 1 aliphatic rings. The Hall–Kier alpha value is -2.34. The molecule has 0 aliphatic carbocycles. The van der Waals surface area contributed by atoms with Gasteiger partial charge in [-0.3, -0.25) is 9.59 Å². The van der Waals surface area contributed by atoms with E-state index in [9.17, 15) is 9.59 Å². The molecule has 0 N–H and O–H groups in total. The van der Waals surface area contributed by atoms with Crippen molar-refractivity contribution in [3.63, 3.8) is 0 Å². The van der Waals surface area contributed by atoms with Crippen molar-refractivity contribution in [3.8, 4) is 11.5 Å². The van der Waals surface area contributed by atoms with Crippen LogP contribution in [0.5, 0.6) is 11.5 Å². The molecule has 0 radical (unpaired) electrons. The normalized spacial score (nSPS) is 14.9. The van der Waals surface area contributed by atoms with E-state index in [1.165, 1.54) is 6.08 Å². The Morgan fingerprint density at radius 3 is 2.63 bits per heavy atom. The van der Waals surface area contributed by atoms with E-state index in [0.29, 0.717) is 24.3 Å². The Balaban J connectivity index is 2.49. The molecule has 2 rings (SSSR count). The third-order valence-electron chi connectivity index (χ3n) is 4.75. The zero-order valence-corrected chi connectivity index (χ0v) is 16.8. The quantitative estimate of drug-likeness (QED) is 0.299. The first-order valence-electron chi connectivity index (χ1n) is 8.98. The summed E-state index contributed by atoms with van der Waals surface area (Å²) < 4.78 is 21.6. The van der Waals surface area contributed by atoms with Crippen LogP contribution in [-0.4, -0.2) is 32.4 Å². The number of hydrogen-bond donors (Lipinski definition) is 0. The number of carbonyl (C=O) groups is 2. The maximum absolute atomic E-state index is 12.1. The van der Waals surface area contributed by atoms with Gasteiger partial charge in [0.15, 0.2) is 6.79 Å². The standard InChI is InChI=1S/C21H28O6/c1-7-10-25-16(22)9-8-15-13(2)20-18(14(3)19(15)26-12-24-6)21(4,5)11-17(23)27-20/h7H,1,8-12H2,2-6H3. The zero-order chi connectivity index (χ0) is 20.2. The number of fused-ring (bicyclic) bond motifs is 1. The monoisotopic (exact) mass is 376 g/mol. The highest BCUT2D eigenvalue weighted by atomic mass is 16.7. The van der Waals surface area contributed by atoms with Gasteiger partial charge in [-0.15, -0.1) is 0 Å². The highest BCUT2D eigenvalue weighted by Gasteiger charge is 2.38. The molecule has 1 aromatic carbocycles. The van der Waals surface area contributed by atoms with E-state index < -0.39 is 0 Å². The predicted molar refractivity (Wildman–Crippen MR) is 101 cm³/mol. The molecule has 148 valence electrons. The van der Waals surface area contributed by atoms with E-state index in [1.807, 2.05) is 27.7 Å². The second kappa shape index (κ2) is 8.57. The lowest BCUT2D eigenvalue weighted by molar-refractivity contribution is -0.142. The van der Waals surface area contributed by atoms with Gasteiger partial charge >= 0.3 is 11.9 Å². The maximum atomic E-state index is 12.1. The molecular weight excluding hydrogens is 348 g/mol. The summed E-state index contributed by atoms with van der Waals surface area (Å²) in [7, 11) is 1.55. The van der Waals surface area contributed by atoms with E-state index in [0.717, 1.165) is 22.3 Å². The van der Waals surface area contributed by atoms with Crippen LogP contribution in [0.25, 0.3) is 0 Å². The Kier molecular flexibility index (Phi) is 6.65. The number of benzene rings is 1. The summed E-state index contributed by atoms with van der Waals surface area (Å²) in [5, 5.41) is 0. The second-order valence-electron chi connectivity index (χ2n) is 7.32. The molecule has 0 aromatic heterocycles. The molecule has 1 aliphatic heterocycles. The SMILES string of the molecule is C=CCOC(=O)CCc1c(C)c2c(c(C)c1OCOC)C(C)(C)CC(=O)O2. The van der Waals surface area contributed by atoms with E-state index in [4.69, 9.17) is 18.9 Å². The number of rotatable bonds is 8. The smallest absolute Gasteiger partial charge is 0.312 e. The molecule has 0 amide bonds. The summed E-state index contributed by atoms with van der Waals surface area (Å²) in [6.07, 6.45) is 2.43. The maximum Gasteiger partial charge on any atom is 0.312 e. The third-order valence-corrected chi connectivity index (χ3v) is 4.75. The molecule has 1 heterocycles. The van der Waals surface area contributed by atoms with E-state index in [1.54, 1.807) is 7.11 Å². The molecule has 0 unspecified atom stereocenters. The molecule has 1 aromatic rings. The summed E-state index contributed by atoms with van der Waals surface area (Å²) in [5.41, 5.74) is 3.12. The molecule has 0 saturated heterocycles. The lowest BCUT2D eigenvalue weighted by Crippen LogP contribution is -2.32. The average Bonchev–Trinajstić information content (AvgIpc) is 2.59. The summed E-state index contributed by atoms with van der Waals surface area (Å²) >= 11 is 0. The number of esters is 2. The largest absolute Gasteiger partial charge is 0.467 e. The van der Waals surface area contributed by atoms with Gasteiger partial charge in [-0.05, 0) is 31.4 Å². The second-order valence-corrected chi connectivity index (χ2v) is 7.32. The van der Waals surface area contributed by atoms with Crippen LogP contribution in [0.15, 0.2) is 12.7 Å². The van der Waals surface area contributed by atoms with Gasteiger partial charge in [-0.25, -0.2) is 0 Å². The molecule has 0 saturated carbocycles. The van der Waals surface area contributed by atoms with Crippen molar-refractivity contribution in [1.29, 1.82) is 0 Å². The van der Waals surface area contributed by atoms with Gasteiger partial charge in [-0.2, -0.15) is 0 Å². The van der Waals surface area contributed by atoms with Gasteiger partial charge in [0.25, 0.3) is 0 Å². The molecule has 6 heteroatoms. The lowest BCUT2D eigenvalue weighted by atomic mass is 9.75. The Morgan fingerprint density at radius 1 is 1.30 bits per heavy atom. The highest BCUT2D eigenvalue weighted by Crippen LogP contribution is 2.48. The van der Waals surface area contributed by atoms with E-state index in [-0.39, 0.29) is 37.2 Å². The minimum atomic E-state index is -0.369. The number of carbonyl (C=O) groups excluding carboxylic acids is 2. The van der Waals surface area contributed by atoms with Crippen LogP contribution in [0.4, 0.5) is 0 Å². The van der Waals surface area contributed by atoms with Crippen molar-refractivity contribution in [2.75, 3.05) is 20.5 Å². The van der Waals surface area contributed by atoms with Gasteiger partial charge in [0.05, 0.1) is 6.42 Å². The van der Waals surface area contributed by atoms with Crippen molar-refractivity contribution >= 4 is 11.9 Å². The van der Waals surface area contributed by atoms with Gasteiger partial charge < -0.3 is 18.9 Å². The Labute approximate surface area is 160 Å². The molecule has 0 spiro atoms. The minimum Gasteiger partial charge on any atom is -0.467 e. The first-order chi connectivity index (χ1) is 12.7. The van der Waals surface area contributed by atoms with Crippen molar-refractivity contribution in [1.82, 2.24) is 0 Å². The summed E-state index contributed by atoms with van der Waals surface area (Å²) in [6.45, 7) is 11.7. The van der Waals surface area contributed by atoms with Crippen LogP contribution in [0.1, 0.15) is 48.9 Å².